The molecule has 3 unspecified atom stereocenters. The largest absolute Gasteiger partial charge is 0.464 e. The second kappa shape index (κ2) is 8.71. The van der Waals surface area contributed by atoms with Crippen LogP contribution in [0.5, 0.6) is 0 Å². The Hall–Kier alpha value is -1.04. The summed E-state index contributed by atoms with van der Waals surface area (Å²) in [5.41, 5.74) is 1.04. The van der Waals surface area contributed by atoms with E-state index in [2.05, 4.69) is 11.8 Å². The first kappa shape index (κ1) is 18.3. The van der Waals surface area contributed by atoms with E-state index in [1.807, 2.05) is 44.4 Å². The highest BCUT2D eigenvalue weighted by molar-refractivity contribution is 7.42. The van der Waals surface area contributed by atoms with Gasteiger partial charge in [0.1, 0.15) is 6.10 Å². The second-order valence-corrected chi connectivity index (χ2v) is 6.63. The summed E-state index contributed by atoms with van der Waals surface area (Å²) in [6.45, 7) is 4.33. The molecule has 0 spiro atoms. The first-order valence-corrected chi connectivity index (χ1v) is 8.77. The summed E-state index contributed by atoms with van der Waals surface area (Å²) >= 11 is 0. The van der Waals surface area contributed by atoms with Gasteiger partial charge in [0.15, 0.2) is 6.10 Å². The van der Waals surface area contributed by atoms with Crippen molar-refractivity contribution >= 4 is 14.6 Å². The molecule has 4 atom stereocenters. The molecule has 0 N–H and O–H groups in total. The number of nitrogens with zero attached hydrogens (tertiary/aromatic N) is 1. The van der Waals surface area contributed by atoms with Crippen molar-refractivity contribution in [1.82, 2.24) is 4.90 Å². The lowest BCUT2D eigenvalue weighted by molar-refractivity contribution is -0.150. The fourth-order valence-corrected chi connectivity index (χ4v) is 3.40. The summed E-state index contributed by atoms with van der Waals surface area (Å²) in [7, 11) is 2.41. The van der Waals surface area contributed by atoms with Crippen molar-refractivity contribution in [1.29, 1.82) is 0 Å². The van der Waals surface area contributed by atoms with Gasteiger partial charge in [-0.05, 0) is 33.5 Å². The number of rotatable bonds is 7. The number of carbonyl (C=O) groups is 1. The molecule has 1 aliphatic heterocycles. The van der Waals surface area contributed by atoms with E-state index in [9.17, 15) is 4.79 Å². The normalized spacial score (nSPS) is 23.7. The van der Waals surface area contributed by atoms with Gasteiger partial charge in [-0.2, -0.15) is 0 Å². The quantitative estimate of drug-likeness (QED) is 0.561. The molecule has 1 heterocycles. The van der Waals surface area contributed by atoms with Crippen LogP contribution in [0.4, 0.5) is 0 Å². The zero-order chi connectivity index (χ0) is 16.8. The van der Waals surface area contributed by atoms with E-state index in [0.29, 0.717) is 6.61 Å². The summed E-state index contributed by atoms with van der Waals surface area (Å²) < 4.78 is 22.1. The molecule has 0 radical (unpaired) electrons. The third-order valence-corrected chi connectivity index (χ3v) is 4.86. The van der Waals surface area contributed by atoms with Crippen molar-refractivity contribution in [2.24, 2.45) is 0 Å². The molecule has 0 saturated carbocycles. The van der Waals surface area contributed by atoms with Gasteiger partial charge in [-0.1, -0.05) is 30.3 Å². The first-order chi connectivity index (χ1) is 11.0. The molecule has 23 heavy (non-hydrogen) atoms. The molecular formula is C16H24NO5P. The lowest BCUT2D eigenvalue weighted by Gasteiger charge is -2.30. The third-order valence-electron chi connectivity index (χ3n) is 3.67. The van der Waals surface area contributed by atoms with Crippen LogP contribution in [-0.4, -0.2) is 50.3 Å². The van der Waals surface area contributed by atoms with Gasteiger partial charge in [-0.3, -0.25) is 4.52 Å². The Morgan fingerprint density at radius 1 is 1.39 bits per heavy atom. The first-order valence-electron chi connectivity index (χ1n) is 7.67. The Morgan fingerprint density at radius 2 is 2.09 bits per heavy atom. The maximum atomic E-state index is 11.7. The van der Waals surface area contributed by atoms with E-state index in [0.717, 1.165) is 5.56 Å². The van der Waals surface area contributed by atoms with Gasteiger partial charge in [0.25, 0.3) is 0 Å². The molecule has 1 aromatic rings. The maximum Gasteiger partial charge on any atom is 0.338 e. The lowest BCUT2D eigenvalue weighted by atomic mass is 10.0. The summed E-state index contributed by atoms with van der Waals surface area (Å²) in [6.07, 6.45) is -0.912. The van der Waals surface area contributed by atoms with Crippen molar-refractivity contribution in [3.05, 3.63) is 35.9 Å². The zero-order valence-electron chi connectivity index (χ0n) is 14.0. The molecule has 6 nitrogen and oxygen atoms in total. The monoisotopic (exact) mass is 341 g/mol. The summed E-state index contributed by atoms with van der Waals surface area (Å²) in [4.78, 5) is 13.8. The molecule has 0 aliphatic carbocycles. The van der Waals surface area contributed by atoms with E-state index in [1.165, 1.54) is 0 Å². The summed E-state index contributed by atoms with van der Waals surface area (Å²) in [6, 6.07) is 10.1. The minimum Gasteiger partial charge on any atom is -0.464 e. The molecule has 0 amide bonds. The smallest absolute Gasteiger partial charge is 0.338 e. The fraction of sp³-hybridized carbons (Fsp3) is 0.562. The van der Waals surface area contributed by atoms with E-state index in [1.54, 1.807) is 6.92 Å². The van der Waals surface area contributed by atoms with Crippen molar-refractivity contribution in [2.45, 2.75) is 32.1 Å². The highest BCUT2D eigenvalue weighted by Crippen LogP contribution is 2.51. The Morgan fingerprint density at radius 3 is 2.70 bits per heavy atom. The Kier molecular flexibility index (Phi) is 6.93. The van der Waals surface area contributed by atoms with Crippen LogP contribution in [0.1, 0.15) is 25.5 Å². The molecular weight excluding hydrogens is 317 g/mol. The van der Waals surface area contributed by atoms with Gasteiger partial charge in [0.05, 0.1) is 13.2 Å². The van der Waals surface area contributed by atoms with Gasteiger partial charge in [-0.25, -0.2) is 4.79 Å². The second-order valence-electron chi connectivity index (χ2n) is 5.51. The number of hydrogen-bond acceptors (Lipinski definition) is 6. The van der Waals surface area contributed by atoms with Crippen LogP contribution < -0.4 is 0 Å². The van der Waals surface area contributed by atoms with E-state index in [4.69, 9.17) is 18.3 Å². The van der Waals surface area contributed by atoms with Crippen LogP contribution in [-0.2, 0) is 23.1 Å². The number of esters is 1. The van der Waals surface area contributed by atoms with Gasteiger partial charge < -0.3 is 18.7 Å². The summed E-state index contributed by atoms with van der Waals surface area (Å²) in [5, 5.41) is 0. The van der Waals surface area contributed by atoms with Crippen molar-refractivity contribution in [3.63, 3.8) is 0 Å². The molecule has 7 heteroatoms. The van der Waals surface area contributed by atoms with Gasteiger partial charge in [0, 0.05) is 6.04 Å². The van der Waals surface area contributed by atoms with Crippen LogP contribution in [0.2, 0.25) is 0 Å². The minimum atomic E-state index is -1.58. The van der Waals surface area contributed by atoms with Crippen LogP contribution in [0.15, 0.2) is 30.3 Å². The van der Waals surface area contributed by atoms with Crippen LogP contribution in [0.3, 0.4) is 0 Å². The Balaban J connectivity index is 2.03. The molecule has 2 rings (SSSR count). The van der Waals surface area contributed by atoms with Gasteiger partial charge in [-0.15, -0.1) is 0 Å². The average molecular weight is 341 g/mol. The zero-order valence-corrected chi connectivity index (χ0v) is 14.9. The van der Waals surface area contributed by atoms with Crippen LogP contribution >= 0.6 is 8.60 Å². The predicted molar refractivity (Wildman–Crippen MR) is 87.8 cm³/mol. The lowest BCUT2D eigenvalue weighted by Crippen LogP contribution is -2.32. The van der Waals surface area contributed by atoms with Crippen LogP contribution in [0, 0.1) is 0 Å². The van der Waals surface area contributed by atoms with Crippen molar-refractivity contribution in [2.75, 3.05) is 27.3 Å². The molecule has 128 valence electrons. The van der Waals surface area contributed by atoms with Crippen molar-refractivity contribution < 1.29 is 23.1 Å². The third kappa shape index (κ3) is 4.96. The Bertz CT molecular complexity index is 499. The highest BCUT2D eigenvalue weighted by atomic mass is 31.2. The van der Waals surface area contributed by atoms with Gasteiger partial charge >= 0.3 is 14.6 Å². The fourth-order valence-electron chi connectivity index (χ4n) is 2.13. The molecule has 1 fully saturated rings. The van der Waals surface area contributed by atoms with E-state index in [-0.39, 0.29) is 18.8 Å². The standard InChI is InChI=1S/C16H24NO5P/c1-5-19-16(18)14-11-20-23(21-14)22-15(12(2)17(3)4)13-9-7-6-8-10-13/h6-10,12,14-15H,5,11H2,1-4H3/t12-,14?,15?,23?/m0/s1. The number of benzene rings is 1. The predicted octanol–water partition coefficient (Wildman–Crippen LogP) is 2.90. The number of carbonyl (C=O) groups excluding carboxylic acids is 1. The topological polar surface area (TPSA) is 57.2 Å². The molecule has 0 aromatic heterocycles. The number of likely N-dealkylation sites (N-methyl/N-ethyl adjacent to an activating group) is 1. The minimum absolute atomic E-state index is 0.119. The average Bonchev–Trinajstić information content (AvgIpc) is 3.02. The molecule has 0 bridgehead atoms. The van der Waals surface area contributed by atoms with E-state index >= 15 is 0 Å². The number of ether oxygens (including phenoxy) is 1. The molecule has 1 aromatic carbocycles. The van der Waals surface area contributed by atoms with Gasteiger partial charge in [0.2, 0.25) is 0 Å². The van der Waals surface area contributed by atoms with Crippen LogP contribution in [0.25, 0.3) is 0 Å². The van der Waals surface area contributed by atoms with Crippen molar-refractivity contribution in [3.8, 4) is 0 Å². The summed E-state index contributed by atoms with van der Waals surface area (Å²) in [5.74, 6) is -0.405. The SMILES string of the molecule is CCOC(=O)C1COP(OC(c2ccccc2)[C@H](C)N(C)C)O1. The Labute approximate surface area is 138 Å². The maximum absolute atomic E-state index is 11.7. The molecule has 1 aliphatic rings. The highest BCUT2D eigenvalue weighted by Gasteiger charge is 2.38. The molecule has 1 saturated heterocycles. The van der Waals surface area contributed by atoms with E-state index < -0.39 is 20.7 Å². The number of hydrogen-bond donors (Lipinski definition) is 0.